The van der Waals surface area contributed by atoms with Gasteiger partial charge in [-0.3, -0.25) is 9.59 Å². The predicted octanol–water partition coefficient (Wildman–Crippen LogP) is 13.5. The molecule has 0 fully saturated rings. The van der Waals surface area contributed by atoms with Gasteiger partial charge in [0.1, 0.15) is 23.0 Å². The first kappa shape index (κ1) is 45.8. The zero-order valence-electron chi connectivity index (χ0n) is 34.5. The van der Waals surface area contributed by atoms with Gasteiger partial charge >= 0.3 is 11.9 Å². The van der Waals surface area contributed by atoms with Crippen LogP contribution in [0.4, 0.5) is 0 Å². The Labute approximate surface area is 362 Å². The third-order valence-electron chi connectivity index (χ3n) is 9.54. The van der Waals surface area contributed by atoms with E-state index in [0.717, 1.165) is 60.7 Å². The van der Waals surface area contributed by atoms with Crippen molar-refractivity contribution in [1.29, 1.82) is 0 Å². The fourth-order valence-corrected chi connectivity index (χ4v) is 7.58. The summed E-state index contributed by atoms with van der Waals surface area (Å²) >= 11 is 2.14. The number of unbranched alkanes of at least 4 members (excludes halogenated alkanes) is 10. The molecule has 5 aromatic rings. The van der Waals surface area contributed by atoms with Crippen LogP contribution in [0, 0.1) is 0 Å². The molecule has 0 aromatic heterocycles. The Morgan fingerprint density at radius 3 is 1.13 bits per heavy atom. The van der Waals surface area contributed by atoms with E-state index in [0.29, 0.717) is 45.3 Å². The second-order valence-electron chi connectivity index (χ2n) is 14.4. The molecule has 0 spiro atoms. The topological polar surface area (TPSA) is 105 Å². The Morgan fingerprint density at radius 2 is 0.750 bits per heavy atom. The lowest BCUT2D eigenvalue weighted by Crippen LogP contribution is -2.10. The van der Waals surface area contributed by atoms with Gasteiger partial charge in [-0.15, -0.1) is 0 Å². The van der Waals surface area contributed by atoms with Crippen LogP contribution in [0.3, 0.4) is 0 Å². The molecule has 0 aliphatic rings. The molecule has 0 amide bonds. The SMILES string of the molecule is CCCCCCCCOc1ccc(C(=O)Sc2ccc(C(=O)Oc3cccc(OC(=O)c4ccc(SC(=O)c5ccc(OCCCCCCCC)cc5)cc4)c3)cc2)cc1. The van der Waals surface area contributed by atoms with Gasteiger partial charge < -0.3 is 18.9 Å². The summed E-state index contributed by atoms with van der Waals surface area (Å²) in [4.78, 5) is 53.1. The van der Waals surface area contributed by atoms with Crippen molar-refractivity contribution in [2.75, 3.05) is 13.2 Å². The molecule has 60 heavy (non-hydrogen) atoms. The molecular formula is C50H54O8S2. The van der Waals surface area contributed by atoms with Crippen molar-refractivity contribution in [1.82, 2.24) is 0 Å². The first-order chi connectivity index (χ1) is 29.3. The zero-order valence-corrected chi connectivity index (χ0v) is 36.2. The van der Waals surface area contributed by atoms with Gasteiger partial charge in [-0.05, 0) is 146 Å². The summed E-state index contributed by atoms with van der Waals surface area (Å²) in [6.45, 7) is 5.75. The van der Waals surface area contributed by atoms with Crippen molar-refractivity contribution in [3.8, 4) is 23.0 Å². The normalized spacial score (nSPS) is 10.8. The lowest BCUT2D eigenvalue weighted by Gasteiger charge is -2.09. The smallest absolute Gasteiger partial charge is 0.343 e. The van der Waals surface area contributed by atoms with Crippen LogP contribution in [0.1, 0.15) is 132 Å². The lowest BCUT2D eigenvalue weighted by atomic mass is 10.1. The molecule has 314 valence electrons. The first-order valence-electron chi connectivity index (χ1n) is 21.0. The molecule has 8 nitrogen and oxygen atoms in total. The minimum Gasteiger partial charge on any atom is -0.494 e. The van der Waals surface area contributed by atoms with Crippen molar-refractivity contribution in [3.63, 3.8) is 0 Å². The molecule has 0 N–H and O–H groups in total. The molecule has 0 unspecified atom stereocenters. The number of carbonyl (C=O) groups is 4. The zero-order chi connectivity index (χ0) is 42.4. The third kappa shape index (κ3) is 15.7. The van der Waals surface area contributed by atoms with Crippen molar-refractivity contribution in [2.24, 2.45) is 0 Å². The van der Waals surface area contributed by atoms with Crippen molar-refractivity contribution < 1.29 is 38.1 Å². The Kier molecular flexibility index (Phi) is 19.3. The van der Waals surface area contributed by atoms with E-state index in [1.165, 1.54) is 57.4 Å². The summed E-state index contributed by atoms with van der Waals surface area (Å²) in [6.07, 6.45) is 14.4. The van der Waals surface area contributed by atoms with E-state index in [2.05, 4.69) is 13.8 Å². The van der Waals surface area contributed by atoms with E-state index >= 15 is 0 Å². The van der Waals surface area contributed by atoms with Crippen LogP contribution < -0.4 is 18.9 Å². The van der Waals surface area contributed by atoms with Gasteiger partial charge in [0.25, 0.3) is 0 Å². The minimum atomic E-state index is -0.603. The summed E-state index contributed by atoms with van der Waals surface area (Å²) in [6, 6.07) is 33.7. The Balaban J connectivity index is 1.03. The molecule has 0 bridgehead atoms. The molecule has 0 radical (unpaired) electrons. The molecule has 0 aliphatic carbocycles. The van der Waals surface area contributed by atoms with E-state index in [9.17, 15) is 19.2 Å². The van der Waals surface area contributed by atoms with Crippen LogP contribution in [0.25, 0.3) is 0 Å². The van der Waals surface area contributed by atoms with Gasteiger partial charge in [0, 0.05) is 27.0 Å². The maximum Gasteiger partial charge on any atom is 0.343 e. The first-order valence-corrected chi connectivity index (χ1v) is 22.6. The summed E-state index contributed by atoms with van der Waals surface area (Å²) in [5.41, 5.74) is 1.70. The highest BCUT2D eigenvalue weighted by Gasteiger charge is 2.15. The van der Waals surface area contributed by atoms with Crippen LogP contribution in [-0.4, -0.2) is 35.4 Å². The monoisotopic (exact) mass is 846 g/mol. The van der Waals surface area contributed by atoms with Gasteiger partial charge in [-0.2, -0.15) is 0 Å². The number of ether oxygens (including phenoxy) is 4. The highest BCUT2D eigenvalue weighted by Crippen LogP contribution is 2.28. The molecule has 0 atom stereocenters. The summed E-state index contributed by atoms with van der Waals surface area (Å²) < 4.78 is 22.8. The van der Waals surface area contributed by atoms with E-state index in [1.54, 1.807) is 91.0 Å². The summed E-state index contributed by atoms with van der Waals surface area (Å²) in [5.74, 6) is 0.674. The van der Waals surface area contributed by atoms with Gasteiger partial charge in [-0.1, -0.05) is 84.1 Å². The Morgan fingerprint density at radius 1 is 0.400 bits per heavy atom. The maximum atomic E-state index is 13.0. The number of carbonyl (C=O) groups excluding carboxylic acids is 4. The van der Waals surface area contributed by atoms with E-state index in [-0.39, 0.29) is 21.7 Å². The molecule has 0 saturated carbocycles. The standard InChI is InChI=1S/C50H54O8S2/c1-3-5-7-9-11-13-34-55-41-26-18-39(19-27-41)49(53)59-45-30-22-37(23-31-45)47(51)57-43-16-15-17-44(36-43)58-48(52)38-24-32-46(33-25-38)60-50(54)40-20-28-42(29-21-40)56-35-14-12-10-8-6-4-2/h15-33,36H,3-14,34-35H2,1-2H3. The number of hydrogen-bond donors (Lipinski definition) is 0. The molecule has 5 aromatic carbocycles. The molecule has 0 aliphatic heterocycles. The fraction of sp³-hybridized carbons (Fsp3) is 0.320. The van der Waals surface area contributed by atoms with Crippen molar-refractivity contribution in [2.45, 2.75) is 101 Å². The van der Waals surface area contributed by atoms with Crippen LogP contribution in [0.15, 0.2) is 131 Å². The largest absolute Gasteiger partial charge is 0.494 e. The quantitative estimate of drug-likeness (QED) is 0.0258. The minimum absolute atomic E-state index is 0.120. The number of hydrogen-bond acceptors (Lipinski definition) is 10. The average Bonchev–Trinajstić information content (AvgIpc) is 3.26. The molecular weight excluding hydrogens is 793 g/mol. The van der Waals surface area contributed by atoms with Gasteiger partial charge in [-0.25, -0.2) is 9.59 Å². The van der Waals surface area contributed by atoms with Crippen molar-refractivity contribution >= 4 is 45.7 Å². The lowest BCUT2D eigenvalue weighted by molar-refractivity contribution is 0.0732. The van der Waals surface area contributed by atoms with Gasteiger partial charge in [0.2, 0.25) is 10.2 Å². The second kappa shape index (κ2) is 25.3. The average molecular weight is 847 g/mol. The highest BCUT2D eigenvalue weighted by molar-refractivity contribution is 8.14. The van der Waals surface area contributed by atoms with Crippen LogP contribution in [0.2, 0.25) is 0 Å². The van der Waals surface area contributed by atoms with Gasteiger partial charge in [0.15, 0.2) is 0 Å². The maximum absolute atomic E-state index is 13.0. The van der Waals surface area contributed by atoms with Crippen molar-refractivity contribution in [3.05, 3.63) is 144 Å². The van der Waals surface area contributed by atoms with E-state index in [1.807, 2.05) is 24.3 Å². The van der Waals surface area contributed by atoms with Crippen LogP contribution >= 0.6 is 23.5 Å². The molecule has 5 rings (SSSR count). The third-order valence-corrected chi connectivity index (χ3v) is 11.4. The van der Waals surface area contributed by atoms with E-state index < -0.39 is 11.9 Å². The van der Waals surface area contributed by atoms with Crippen LogP contribution in [0.5, 0.6) is 23.0 Å². The second-order valence-corrected chi connectivity index (χ2v) is 16.5. The van der Waals surface area contributed by atoms with E-state index in [4.69, 9.17) is 18.9 Å². The summed E-state index contributed by atoms with van der Waals surface area (Å²) in [5, 5.41) is -0.239. The number of rotatable bonds is 24. The van der Waals surface area contributed by atoms with Gasteiger partial charge in [0.05, 0.1) is 24.3 Å². The number of esters is 2. The van der Waals surface area contributed by atoms with Crippen LogP contribution in [-0.2, 0) is 0 Å². The molecule has 0 saturated heterocycles. The molecule has 10 heteroatoms. The Bertz CT molecular complexity index is 1950. The fourth-order valence-electron chi connectivity index (χ4n) is 6.10. The summed E-state index contributed by atoms with van der Waals surface area (Å²) in [7, 11) is 0. The highest BCUT2D eigenvalue weighted by atomic mass is 32.2. The molecule has 0 heterocycles. The number of benzene rings is 5. The predicted molar refractivity (Wildman–Crippen MR) is 240 cm³/mol. The Hall–Kier alpha value is -5.32. The number of thioether (sulfide) groups is 2.